The summed E-state index contributed by atoms with van der Waals surface area (Å²) in [4.78, 5) is 12.3. The van der Waals surface area contributed by atoms with Gasteiger partial charge in [-0.2, -0.15) is 0 Å². The molecular weight excluding hydrogens is 398 g/mol. The molecule has 110 valence electrons. The fourth-order valence-corrected chi connectivity index (χ4v) is 2.69. The third-order valence-corrected chi connectivity index (χ3v) is 4.14. The molecule has 0 bridgehead atoms. The summed E-state index contributed by atoms with van der Waals surface area (Å²) in [5.74, 6) is -0.299. The van der Waals surface area contributed by atoms with Crippen molar-refractivity contribution in [1.82, 2.24) is 0 Å². The molecule has 0 fully saturated rings. The number of benzene rings is 2. The van der Waals surface area contributed by atoms with Gasteiger partial charge in [-0.25, -0.2) is 4.79 Å². The Hall–Kier alpha value is -1.33. The van der Waals surface area contributed by atoms with E-state index in [1.165, 1.54) is 0 Å². The van der Waals surface area contributed by atoms with E-state index in [1.807, 2.05) is 48.5 Å². The Bertz CT molecular complexity index is 614. The van der Waals surface area contributed by atoms with Gasteiger partial charge in [0.05, 0.1) is 6.61 Å². The molecule has 0 saturated carbocycles. The van der Waals surface area contributed by atoms with Crippen molar-refractivity contribution in [2.75, 3.05) is 11.9 Å². The summed E-state index contributed by atoms with van der Waals surface area (Å²) >= 11 is 6.88. The van der Waals surface area contributed by atoms with Crippen LogP contribution in [-0.2, 0) is 9.53 Å². The first-order valence-corrected chi connectivity index (χ1v) is 8.13. The van der Waals surface area contributed by atoms with Gasteiger partial charge in [0.2, 0.25) is 0 Å². The number of carbonyl (C=O) groups is 1. The summed E-state index contributed by atoms with van der Waals surface area (Å²) in [7, 11) is 0. The van der Waals surface area contributed by atoms with Crippen LogP contribution in [0, 0.1) is 0 Å². The van der Waals surface area contributed by atoms with Crippen LogP contribution in [0.5, 0.6) is 0 Å². The predicted octanol–water partition coefficient (Wildman–Crippen LogP) is 4.93. The zero-order chi connectivity index (χ0) is 15.2. The first-order chi connectivity index (χ1) is 10.1. The highest BCUT2D eigenvalue weighted by Gasteiger charge is 2.23. The lowest BCUT2D eigenvalue weighted by Gasteiger charge is -2.20. The van der Waals surface area contributed by atoms with Gasteiger partial charge in [0.25, 0.3) is 0 Å². The minimum Gasteiger partial charge on any atom is -0.464 e. The Morgan fingerprint density at radius 2 is 1.81 bits per heavy atom. The van der Waals surface area contributed by atoms with Crippen LogP contribution < -0.4 is 5.32 Å². The maximum atomic E-state index is 12.3. The van der Waals surface area contributed by atoms with Crippen LogP contribution in [-0.4, -0.2) is 12.6 Å². The van der Waals surface area contributed by atoms with Gasteiger partial charge in [0.15, 0.2) is 6.04 Å². The van der Waals surface area contributed by atoms with Gasteiger partial charge in [-0.3, -0.25) is 0 Å². The van der Waals surface area contributed by atoms with Crippen LogP contribution in [0.3, 0.4) is 0 Å². The fraction of sp³-hybridized carbons (Fsp3) is 0.188. The number of nitrogens with one attached hydrogen (secondary N) is 1. The summed E-state index contributed by atoms with van der Waals surface area (Å²) < 4.78 is 7.03. The van der Waals surface area contributed by atoms with E-state index in [-0.39, 0.29) is 5.97 Å². The van der Waals surface area contributed by atoms with Gasteiger partial charge < -0.3 is 10.1 Å². The molecule has 0 aliphatic carbocycles. The number of anilines is 1. The van der Waals surface area contributed by atoms with E-state index in [0.29, 0.717) is 6.61 Å². The maximum Gasteiger partial charge on any atom is 0.333 e. The Balaban J connectivity index is 2.30. The third-order valence-electron chi connectivity index (χ3n) is 2.89. The van der Waals surface area contributed by atoms with E-state index in [1.54, 1.807) is 6.92 Å². The number of esters is 1. The highest BCUT2D eigenvalue weighted by atomic mass is 79.9. The number of carbonyl (C=O) groups excluding carboxylic acids is 1. The second-order valence-corrected chi connectivity index (χ2v) is 6.13. The molecule has 1 unspecified atom stereocenters. The minimum absolute atomic E-state index is 0.299. The van der Waals surface area contributed by atoms with Crippen LogP contribution in [0.1, 0.15) is 18.5 Å². The summed E-state index contributed by atoms with van der Waals surface area (Å²) in [5, 5.41) is 3.22. The van der Waals surface area contributed by atoms with E-state index in [0.717, 1.165) is 20.2 Å². The van der Waals surface area contributed by atoms with Crippen molar-refractivity contribution in [3.05, 3.63) is 63.0 Å². The molecule has 2 aromatic rings. The van der Waals surface area contributed by atoms with Crippen LogP contribution in [0.2, 0.25) is 0 Å². The lowest BCUT2D eigenvalue weighted by Crippen LogP contribution is -2.23. The molecule has 1 atom stereocenters. The molecule has 0 amide bonds. The molecule has 0 spiro atoms. The summed E-state index contributed by atoms with van der Waals surface area (Å²) in [6.07, 6.45) is 0. The number of hydrogen-bond donors (Lipinski definition) is 1. The van der Waals surface area contributed by atoms with Gasteiger partial charge in [0.1, 0.15) is 0 Å². The Morgan fingerprint density at radius 1 is 1.14 bits per heavy atom. The second-order valence-electron chi connectivity index (χ2n) is 4.36. The first kappa shape index (κ1) is 16.0. The topological polar surface area (TPSA) is 38.3 Å². The standard InChI is InChI=1S/C16H15Br2NO2/c1-2-21-16(20)15(13-5-3-4-6-14(13)18)19-12-9-7-11(17)8-10-12/h3-10,15,19H,2H2,1H3. The highest BCUT2D eigenvalue weighted by molar-refractivity contribution is 9.10. The Morgan fingerprint density at radius 3 is 2.43 bits per heavy atom. The van der Waals surface area contributed by atoms with Gasteiger partial charge in [0, 0.05) is 14.6 Å². The molecule has 0 aliphatic heterocycles. The van der Waals surface area contributed by atoms with Crippen LogP contribution >= 0.6 is 31.9 Å². The molecule has 5 heteroatoms. The summed E-state index contributed by atoms with van der Waals surface area (Å²) in [6, 6.07) is 14.7. The molecule has 1 N–H and O–H groups in total. The quantitative estimate of drug-likeness (QED) is 0.707. The normalized spacial score (nSPS) is 11.8. The fourth-order valence-electron chi connectivity index (χ4n) is 1.91. The minimum atomic E-state index is -0.554. The lowest BCUT2D eigenvalue weighted by molar-refractivity contribution is -0.144. The van der Waals surface area contributed by atoms with Crippen LogP contribution in [0.25, 0.3) is 0 Å². The van der Waals surface area contributed by atoms with E-state index >= 15 is 0 Å². The molecule has 0 radical (unpaired) electrons. The molecule has 0 saturated heterocycles. The highest BCUT2D eigenvalue weighted by Crippen LogP contribution is 2.28. The monoisotopic (exact) mass is 411 g/mol. The van der Waals surface area contributed by atoms with Crippen molar-refractivity contribution in [3.8, 4) is 0 Å². The third kappa shape index (κ3) is 4.32. The number of rotatable bonds is 5. The number of ether oxygens (including phenoxy) is 1. The zero-order valence-electron chi connectivity index (χ0n) is 11.5. The molecule has 21 heavy (non-hydrogen) atoms. The molecule has 0 aliphatic rings. The van der Waals surface area contributed by atoms with Gasteiger partial charge in [-0.1, -0.05) is 50.1 Å². The zero-order valence-corrected chi connectivity index (χ0v) is 14.6. The SMILES string of the molecule is CCOC(=O)C(Nc1ccc(Br)cc1)c1ccccc1Br. The van der Waals surface area contributed by atoms with Gasteiger partial charge >= 0.3 is 5.97 Å². The molecule has 2 rings (SSSR count). The van der Waals surface area contributed by atoms with Crippen molar-refractivity contribution in [2.24, 2.45) is 0 Å². The van der Waals surface area contributed by atoms with Crippen LogP contribution in [0.15, 0.2) is 57.5 Å². The Labute approximate surface area is 141 Å². The van der Waals surface area contributed by atoms with E-state index in [2.05, 4.69) is 37.2 Å². The van der Waals surface area contributed by atoms with Crippen molar-refractivity contribution in [2.45, 2.75) is 13.0 Å². The van der Waals surface area contributed by atoms with Gasteiger partial charge in [-0.15, -0.1) is 0 Å². The smallest absolute Gasteiger partial charge is 0.333 e. The Kier molecular flexibility index (Phi) is 5.82. The lowest BCUT2D eigenvalue weighted by atomic mass is 10.1. The average Bonchev–Trinajstić information content (AvgIpc) is 2.48. The molecule has 0 heterocycles. The van der Waals surface area contributed by atoms with Crippen molar-refractivity contribution >= 4 is 43.5 Å². The molecule has 2 aromatic carbocycles. The van der Waals surface area contributed by atoms with E-state index < -0.39 is 6.04 Å². The van der Waals surface area contributed by atoms with Crippen molar-refractivity contribution in [3.63, 3.8) is 0 Å². The predicted molar refractivity (Wildman–Crippen MR) is 91.3 cm³/mol. The summed E-state index contributed by atoms with van der Waals surface area (Å²) in [5.41, 5.74) is 1.70. The average molecular weight is 413 g/mol. The van der Waals surface area contributed by atoms with Gasteiger partial charge in [-0.05, 0) is 42.8 Å². The van der Waals surface area contributed by atoms with Crippen LogP contribution in [0.4, 0.5) is 5.69 Å². The van der Waals surface area contributed by atoms with Crippen molar-refractivity contribution in [1.29, 1.82) is 0 Å². The van der Waals surface area contributed by atoms with E-state index in [4.69, 9.17) is 4.74 Å². The van der Waals surface area contributed by atoms with E-state index in [9.17, 15) is 4.79 Å². The molecular formula is C16H15Br2NO2. The number of hydrogen-bond acceptors (Lipinski definition) is 3. The molecule has 0 aromatic heterocycles. The second kappa shape index (κ2) is 7.61. The summed E-state index contributed by atoms with van der Waals surface area (Å²) in [6.45, 7) is 2.15. The number of halogens is 2. The maximum absolute atomic E-state index is 12.3. The first-order valence-electron chi connectivity index (χ1n) is 6.55. The van der Waals surface area contributed by atoms with Crippen molar-refractivity contribution < 1.29 is 9.53 Å². The largest absolute Gasteiger partial charge is 0.464 e. The molecule has 3 nitrogen and oxygen atoms in total.